The first-order valence-corrected chi connectivity index (χ1v) is 6.60. The first kappa shape index (κ1) is 13.0. The smallest absolute Gasteiger partial charge is 0.0685 e. The monoisotopic (exact) mass is 213 g/mol. The van der Waals surface area contributed by atoms with Crippen molar-refractivity contribution in [1.29, 1.82) is 0 Å². The van der Waals surface area contributed by atoms with E-state index in [-0.39, 0.29) is 0 Å². The lowest BCUT2D eigenvalue weighted by Crippen LogP contribution is -2.44. The van der Waals surface area contributed by atoms with Gasteiger partial charge in [-0.2, -0.15) is 5.06 Å². The topological polar surface area (TPSA) is 12.5 Å². The zero-order valence-electron chi connectivity index (χ0n) is 10.7. The van der Waals surface area contributed by atoms with Gasteiger partial charge in [0.1, 0.15) is 0 Å². The van der Waals surface area contributed by atoms with Crippen LogP contribution in [0.3, 0.4) is 0 Å². The number of nitrogens with zero attached hydrogens (tertiary/aromatic N) is 1. The molecule has 0 bridgehead atoms. The fourth-order valence-corrected chi connectivity index (χ4v) is 2.17. The van der Waals surface area contributed by atoms with Gasteiger partial charge >= 0.3 is 0 Å². The van der Waals surface area contributed by atoms with Crippen molar-refractivity contribution in [3.05, 3.63) is 0 Å². The minimum atomic E-state index is 0.842. The zero-order valence-corrected chi connectivity index (χ0v) is 10.7. The van der Waals surface area contributed by atoms with Crippen molar-refractivity contribution in [1.82, 2.24) is 5.06 Å². The zero-order chi connectivity index (χ0) is 11.1. The summed E-state index contributed by atoms with van der Waals surface area (Å²) in [5.74, 6) is 1.74. The first-order valence-electron chi connectivity index (χ1n) is 6.60. The number of hydrogen-bond donors (Lipinski definition) is 0. The molecule has 0 aromatic rings. The normalized spacial score (nSPS) is 20.2. The van der Waals surface area contributed by atoms with Gasteiger partial charge in [-0.15, -0.1) is 0 Å². The van der Waals surface area contributed by atoms with E-state index >= 15 is 0 Å². The van der Waals surface area contributed by atoms with Crippen LogP contribution < -0.4 is 0 Å². The molecule has 1 aliphatic rings. The van der Waals surface area contributed by atoms with E-state index in [1.165, 1.54) is 32.1 Å². The maximum Gasteiger partial charge on any atom is 0.0685 e. The summed E-state index contributed by atoms with van der Waals surface area (Å²) >= 11 is 0. The third kappa shape index (κ3) is 5.53. The van der Waals surface area contributed by atoms with Crippen molar-refractivity contribution in [2.24, 2.45) is 11.8 Å². The fraction of sp³-hybridized carbons (Fsp3) is 1.00. The summed E-state index contributed by atoms with van der Waals surface area (Å²) in [6.45, 7) is 10.1. The molecule has 15 heavy (non-hydrogen) atoms. The Labute approximate surface area is 94.9 Å². The molecule has 2 nitrogen and oxygen atoms in total. The van der Waals surface area contributed by atoms with Gasteiger partial charge in [0, 0.05) is 13.1 Å². The molecule has 1 atom stereocenters. The van der Waals surface area contributed by atoms with Gasteiger partial charge in [0.05, 0.1) is 6.61 Å². The lowest BCUT2D eigenvalue weighted by atomic mass is 9.99. The molecule has 1 rings (SSSR count). The van der Waals surface area contributed by atoms with Crippen LogP contribution in [-0.4, -0.2) is 24.8 Å². The SMILES string of the molecule is CCCC(C)CCCCON1CC(C)C1. The largest absolute Gasteiger partial charge is 0.299 e. The average Bonchev–Trinajstić information content (AvgIpc) is 2.14. The third-order valence-corrected chi connectivity index (χ3v) is 3.18. The van der Waals surface area contributed by atoms with E-state index in [4.69, 9.17) is 4.84 Å². The summed E-state index contributed by atoms with van der Waals surface area (Å²) in [4.78, 5) is 5.62. The van der Waals surface area contributed by atoms with Gasteiger partial charge in [-0.05, 0) is 18.3 Å². The summed E-state index contributed by atoms with van der Waals surface area (Å²) < 4.78 is 0. The van der Waals surface area contributed by atoms with Crippen LogP contribution in [-0.2, 0) is 4.84 Å². The van der Waals surface area contributed by atoms with Crippen LogP contribution in [0.25, 0.3) is 0 Å². The van der Waals surface area contributed by atoms with E-state index < -0.39 is 0 Å². The summed E-state index contributed by atoms with van der Waals surface area (Å²) in [5.41, 5.74) is 0. The third-order valence-electron chi connectivity index (χ3n) is 3.18. The summed E-state index contributed by atoms with van der Waals surface area (Å²) in [6.07, 6.45) is 6.62. The highest BCUT2D eigenvalue weighted by atomic mass is 16.7. The lowest BCUT2D eigenvalue weighted by molar-refractivity contribution is -0.217. The van der Waals surface area contributed by atoms with Gasteiger partial charge in [-0.3, -0.25) is 4.84 Å². The van der Waals surface area contributed by atoms with Crippen molar-refractivity contribution in [3.63, 3.8) is 0 Å². The Morgan fingerprint density at radius 2 is 2.00 bits per heavy atom. The van der Waals surface area contributed by atoms with E-state index in [1.54, 1.807) is 0 Å². The molecule has 0 N–H and O–H groups in total. The predicted molar refractivity (Wildman–Crippen MR) is 64.6 cm³/mol. The second-order valence-electron chi connectivity index (χ2n) is 5.17. The van der Waals surface area contributed by atoms with E-state index in [2.05, 4.69) is 25.8 Å². The van der Waals surface area contributed by atoms with Crippen molar-refractivity contribution in [2.45, 2.75) is 52.9 Å². The maximum atomic E-state index is 5.62. The van der Waals surface area contributed by atoms with Gasteiger partial charge in [0.15, 0.2) is 0 Å². The molecule has 1 fully saturated rings. The van der Waals surface area contributed by atoms with Crippen LogP contribution in [0.15, 0.2) is 0 Å². The Balaban J connectivity index is 1.81. The molecular weight excluding hydrogens is 186 g/mol. The second kappa shape index (κ2) is 7.24. The van der Waals surface area contributed by atoms with Crippen molar-refractivity contribution in [2.75, 3.05) is 19.7 Å². The van der Waals surface area contributed by atoms with E-state index in [9.17, 15) is 0 Å². The first-order chi connectivity index (χ1) is 7.22. The van der Waals surface area contributed by atoms with E-state index in [0.717, 1.165) is 31.5 Å². The molecule has 0 aromatic carbocycles. The Hall–Kier alpha value is -0.0800. The number of hydroxylamine groups is 2. The summed E-state index contributed by atoms with van der Waals surface area (Å²) in [6, 6.07) is 0. The number of rotatable bonds is 8. The molecule has 0 amide bonds. The average molecular weight is 213 g/mol. The Bertz CT molecular complexity index is 148. The Kier molecular flexibility index (Phi) is 6.26. The van der Waals surface area contributed by atoms with Gasteiger partial charge in [-0.1, -0.05) is 46.5 Å². The van der Waals surface area contributed by atoms with Crippen molar-refractivity contribution < 1.29 is 4.84 Å². The number of unbranched alkanes of at least 4 members (excludes halogenated alkanes) is 1. The standard InChI is InChI=1S/C13H27NO/c1-4-7-12(2)8-5-6-9-15-14-10-13(3)11-14/h12-13H,4-11H2,1-3H3. The summed E-state index contributed by atoms with van der Waals surface area (Å²) in [5, 5.41) is 2.10. The van der Waals surface area contributed by atoms with Crippen LogP contribution in [0.1, 0.15) is 52.9 Å². The molecule has 0 spiro atoms. The minimum absolute atomic E-state index is 0.842. The Morgan fingerprint density at radius 1 is 1.27 bits per heavy atom. The molecule has 1 saturated heterocycles. The van der Waals surface area contributed by atoms with Gasteiger partial charge in [-0.25, -0.2) is 0 Å². The highest BCUT2D eigenvalue weighted by Crippen LogP contribution is 2.16. The van der Waals surface area contributed by atoms with Crippen LogP contribution in [0.2, 0.25) is 0 Å². The molecule has 0 aliphatic carbocycles. The molecule has 2 heteroatoms. The quantitative estimate of drug-likeness (QED) is 0.572. The van der Waals surface area contributed by atoms with E-state index in [0.29, 0.717) is 0 Å². The van der Waals surface area contributed by atoms with Crippen LogP contribution >= 0.6 is 0 Å². The highest BCUT2D eigenvalue weighted by molar-refractivity contribution is 4.68. The lowest BCUT2D eigenvalue weighted by Gasteiger charge is -2.35. The molecule has 1 unspecified atom stereocenters. The molecular formula is C13H27NO. The molecule has 0 saturated carbocycles. The van der Waals surface area contributed by atoms with Gasteiger partial charge in [0.25, 0.3) is 0 Å². The van der Waals surface area contributed by atoms with Crippen LogP contribution in [0.4, 0.5) is 0 Å². The number of hydrogen-bond acceptors (Lipinski definition) is 2. The van der Waals surface area contributed by atoms with Crippen molar-refractivity contribution in [3.8, 4) is 0 Å². The molecule has 90 valence electrons. The fourth-order valence-electron chi connectivity index (χ4n) is 2.17. The molecule has 0 radical (unpaired) electrons. The Morgan fingerprint density at radius 3 is 2.60 bits per heavy atom. The minimum Gasteiger partial charge on any atom is -0.299 e. The molecule has 1 heterocycles. The van der Waals surface area contributed by atoms with Crippen molar-refractivity contribution >= 4 is 0 Å². The molecule has 1 aliphatic heterocycles. The van der Waals surface area contributed by atoms with Gasteiger partial charge < -0.3 is 0 Å². The maximum absolute atomic E-state index is 5.62. The summed E-state index contributed by atoms with van der Waals surface area (Å²) in [7, 11) is 0. The predicted octanol–water partition coefficient (Wildman–Crippen LogP) is 3.48. The highest BCUT2D eigenvalue weighted by Gasteiger charge is 2.22. The second-order valence-corrected chi connectivity index (χ2v) is 5.17. The van der Waals surface area contributed by atoms with Gasteiger partial charge in [0.2, 0.25) is 0 Å². The van der Waals surface area contributed by atoms with E-state index in [1.807, 2.05) is 0 Å². The molecule has 0 aromatic heterocycles. The van der Waals surface area contributed by atoms with Crippen LogP contribution in [0, 0.1) is 11.8 Å². The van der Waals surface area contributed by atoms with Crippen LogP contribution in [0.5, 0.6) is 0 Å².